The highest BCUT2D eigenvalue weighted by atomic mass is 32.2. The molecule has 522 valence electrons. The number of aliphatic hydroxyl groups is 1. The van der Waals surface area contributed by atoms with E-state index in [9.17, 15) is 72.5 Å². The molecule has 2 fully saturated rings. The molecule has 0 bridgehead atoms. The third-order valence-corrected chi connectivity index (χ3v) is 17.6. The molecular weight excluding hydrogens is 1260 g/mol. The van der Waals surface area contributed by atoms with Gasteiger partial charge in [-0.2, -0.15) is 35.3 Å². The number of carbonyl (C=O) groups excluding carboxylic acids is 12. The van der Waals surface area contributed by atoms with Gasteiger partial charge in [0.25, 0.3) is 0 Å². The fraction of sp³-hybridized carbons (Fsp3) is 0.759. The topological polar surface area (TPSA) is 494 Å². The van der Waals surface area contributed by atoms with Crippen molar-refractivity contribution in [2.45, 2.75) is 203 Å². The fourth-order valence-corrected chi connectivity index (χ4v) is 11.9. The molecule has 12 amide bonds. The number of carbonyl (C=O) groups is 13. The number of nitrogens with zero attached hydrogens (tertiary/aromatic N) is 3. The number of aliphatic hydroxyl groups excluding tert-OH is 1. The minimum atomic E-state index is -1.64. The molecule has 2 aliphatic rings. The molecule has 31 nitrogen and oxygen atoms in total. The van der Waals surface area contributed by atoms with Crippen molar-refractivity contribution in [3.63, 3.8) is 0 Å². The minimum absolute atomic E-state index is 0.0115. The number of unbranched alkanes of at least 4 members (excludes halogenated alkanes) is 1. The van der Waals surface area contributed by atoms with Gasteiger partial charge in [0, 0.05) is 19.6 Å². The van der Waals surface area contributed by atoms with Crippen LogP contribution in [0.25, 0.3) is 0 Å². The van der Waals surface area contributed by atoms with Crippen molar-refractivity contribution in [3.05, 3.63) is 0 Å². The van der Waals surface area contributed by atoms with Crippen LogP contribution < -0.4 is 70.8 Å². The van der Waals surface area contributed by atoms with E-state index in [0.717, 1.165) is 0 Å². The molecule has 0 radical (unpaired) electrons. The van der Waals surface area contributed by atoms with Crippen LogP contribution in [0.5, 0.6) is 0 Å². The number of carboxylic acid groups (broad SMARTS) is 1. The lowest BCUT2D eigenvalue weighted by Gasteiger charge is -2.32. The molecule has 92 heavy (non-hydrogen) atoms. The summed E-state index contributed by atoms with van der Waals surface area (Å²) in [5.41, 5.74) is 22.6. The maximum Gasteiger partial charge on any atom is 0.326 e. The van der Waals surface area contributed by atoms with Crippen molar-refractivity contribution < 1.29 is 72.5 Å². The van der Waals surface area contributed by atoms with Crippen LogP contribution in [0.2, 0.25) is 0 Å². The Balaban J connectivity index is 2.47. The zero-order valence-electron chi connectivity index (χ0n) is 54.3. The number of hydrogen-bond donors (Lipinski definition) is 15. The largest absolute Gasteiger partial charge is 0.480 e. The van der Waals surface area contributed by atoms with Gasteiger partial charge in [-0.1, -0.05) is 34.1 Å². The molecule has 19 N–H and O–H groups in total. The zero-order chi connectivity index (χ0) is 69.2. The predicted molar refractivity (Wildman–Crippen MR) is 352 cm³/mol. The summed E-state index contributed by atoms with van der Waals surface area (Å²) in [6, 6.07) is -14.3. The third-order valence-electron chi connectivity index (χ3n) is 15.7. The van der Waals surface area contributed by atoms with Crippen molar-refractivity contribution in [1.82, 2.24) is 57.7 Å². The first kappa shape index (κ1) is 81.4. The van der Waals surface area contributed by atoms with E-state index in [4.69, 9.17) is 22.9 Å². The number of thioether (sulfide) groups is 3. The SMILES string of the molecule is CC[C@H](C)[C@H](NC(=O)[C@H](CCCCN)NC(=O)[C@H](CCCN=C(N)N)NC(=O)[C@H](CCSC)NC(=O)[C@@H]1CCCN1C(=O)[C@@H](NC(=O)[C@H](CCSC)NC=O)C(C)O)C(=O)N[C@@H](CC(N)=O)C(=O)N1CCC[C@H]1C(=O)N[C@@H](CC(C)C)C(=O)N[C@@H](CCSC)C(=O)O. The standard InChI is InChI=1S/C58H102N16O15S3/c1-9-33(4)45(54(85)70-41(30-44(60)77)55(86)73-24-13-17-42(73)53(84)69-40(29-32(2)3)51(82)68-39(57(88)89)21-28-92-8)71-50(81)36(15-10-11-22-59)65-48(79)37(16-12-23-63-58(61)62)66-49(80)38(20-27-91-7)67-52(83)43-18-14-25-74(43)56(87)46(34(5)76)72-47(78)35(64-31-75)19-26-90-6/h31-43,45-46,76H,9-30,59H2,1-8H3,(H2,60,77)(H,64,75)(H,65,79)(H,66,80)(H,67,83)(H,68,82)(H,69,84)(H,70,85)(H,71,81)(H,72,78)(H,88,89)(H4,61,62,63)/t33-,34?,35-,36-,37-,38-,39-,40-,41-,42-,43-,45-,46-/m0/s1. The van der Waals surface area contributed by atoms with Crippen LogP contribution in [0.15, 0.2) is 4.99 Å². The van der Waals surface area contributed by atoms with E-state index in [1.807, 2.05) is 20.1 Å². The minimum Gasteiger partial charge on any atom is -0.480 e. The lowest BCUT2D eigenvalue weighted by Crippen LogP contribution is -2.61. The molecule has 2 rings (SSSR count). The number of carboxylic acids is 1. The fourth-order valence-electron chi connectivity index (χ4n) is 10.4. The second-order valence-electron chi connectivity index (χ2n) is 23.4. The second kappa shape index (κ2) is 43.3. The number of nitrogens with one attached hydrogen (secondary N) is 9. The number of nitrogens with two attached hydrogens (primary N) is 4. The number of aliphatic carboxylic acids is 1. The Bertz CT molecular complexity index is 2500. The Kier molecular flexibility index (Phi) is 38.3. The van der Waals surface area contributed by atoms with Crippen LogP contribution in [0, 0.1) is 11.8 Å². The van der Waals surface area contributed by atoms with Crippen LogP contribution in [0.4, 0.5) is 0 Å². The average molecular weight is 1360 g/mol. The van der Waals surface area contributed by atoms with E-state index in [1.165, 1.54) is 52.0 Å². The summed E-state index contributed by atoms with van der Waals surface area (Å²) in [6.07, 6.45) is 6.11. The number of hydrogen-bond acceptors (Lipinski definition) is 19. The van der Waals surface area contributed by atoms with Gasteiger partial charge in [-0.15, -0.1) is 0 Å². The van der Waals surface area contributed by atoms with Crippen LogP contribution >= 0.6 is 35.3 Å². The van der Waals surface area contributed by atoms with E-state index in [1.54, 1.807) is 26.4 Å². The number of likely N-dealkylation sites (tertiary alicyclic amines) is 2. The van der Waals surface area contributed by atoms with Gasteiger partial charge in [-0.3, -0.25) is 62.5 Å². The number of primary amides is 1. The summed E-state index contributed by atoms with van der Waals surface area (Å²) in [4.78, 5) is 184. The Morgan fingerprint density at radius 2 is 1.01 bits per heavy atom. The molecule has 1 unspecified atom stereocenters. The van der Waals surface area contributed by atoms with E-state index >= 15 is 0 Å². The third kappa shape index (κ3) is 27.9. The van der Waals surface area contributed by atoms with Gasteiger partial charge in [0.15, 0.2) is 5.96 Å². The summed E-state index contributed by atoms with van der Waals surface area (Å²) in [6.45, 7) is 8.61. The highest BCUT2D eigenvalue weighted by molar-refractivity contribution is 7.99. The summed E-state index contributed by atoms with van der Waals surface area (Å²) in [5.74, 6) is -9.89. The van der Waals surface area contributed by atoms with Crippen molar-refractivity contribution in [2.75, 3.05) is 62.2 Å². The Morgan fingerprint density at radius 1 is 0.565 bits per heavy atom. The van der Waals surface area contributed by atoms with E-state index in [0.29, 0.717) is 49.4 Å². The molecule has 0 saturated carbocycles. The number of aliphatic imine (C=N–C) groups is 1. The molecule has 2 saturated heterocycles. The summed E-state index contributed by atoms with van der Waals surface area (Å²) in [5, 5.41) is 44.1. The molecule has 2 heterocycles. The van der Waals surface area contributed by atoms with Gasteiger partial charge in [-0.05, 0) is 145 Å². The smallest absolute Gasteiger partial charge is 0.326 e. The predicted octanol–water partition coefficient (Wildman–Crippen LogP) is -3.16. The molecule has 2 aliphatic heterocycles. The van der Waals surface area contributed by atoms with Gasteiger partial charge in [0.2, 0.25) is 71.4 Å². The first-order chi connectivity index (χ1) is 43.6. The Morgan fingerprint density at radius 3 is 1.49 bits per heavy atom. The molecular formula is C58H102N16O15S3. The lowest BCUT2D eigenvalue weighted by molar-refractivity contribution is -0.144. The molecule has 0 aliphatic carbocycles. The molecule has 0 aromatic rings. The van der Waals surface area contributed by atoms with Gasteiger partial charge in [0.05, 0.1) is 12.5 Å². The molecule has 0 aromatic carbocycles. The second-order valence-corrected chi connectivity index (χ2v) is 26.4. The van der Waals surface area contributed by atoms with E-state index in [-0.39, 0.29) is 102 Å². The first-order valence-electron chi connectivity index (χ1n) is 31.3. The monoisotopic (exact) mass is 1360 g/mol. The molecule has 34 heteroatoms. The first-order valence-corrected chi connectivity index (χ1v) is 35.4. The van der Waals surface area contributed by atoms with Crippen molar-refractivity contribution in [1.29, 1.82) is 0 Å². The lowest BCUT2D eigenvalue weighted by atomic mass is 9.96. The van der Waals surface area contributed by atoms with Crippen LogP contribution in [0.3, 0.4) is 0 Å². The normalized spacial score (nSPS) is 18.1. The Hall–Kier alpha value is -6.65. The van der Waals surface area contributed by atoms with E-state index in [2.05, 4.69) is 52.8 Å². The molecule has 13 atom stereocenters. The van der Waals surface area contributed by atoms with Crippen LogP contribution in [0.1, 0.15) is 131 Å². The average Bonchev–Trinajstić information content (AvgIpc) is 1.75. The summed E-state index contributed by atoms with van der Waals surface area (Å²) >= 11 is 4.19. The maximum absolute atomic E-state index is 14.6. The number of guanidine groups is 1. The Labute approximate surface area is 551 Å². The van der Waals surface area contributed by atoms with E-state index < -0.39 is 156 Å². The zero-order valence-corrected chi connectivity index (χ0v) is 56.7. The van der Waals surface area contributed by atoms with Crippen molar-refractivity contribution >= 4 is 119 Å². The highest BCUT2D eigenvalue weighted by Crippen LogP contribution is 2.23. The summed E-state index contributed by atoms with van der Waals surface area (Å²) in [7, 11) is 0. The van der Waals surface area contributed by atoms with Crippen molar-refractivity contribution in [2.24, 2.45) is 39.8 Å². The quantitative estimate of drug-likeness (QED) is 0.0124. The van der Waals surface area contributed by atoms with Crippen LogP contribution in [-0.2, 0) is 62.3 Å². The van der Waals surface area contributed by atoms with Gasteiger partial charge in [-0.25, -0.2) is 4.79 Å². The molecule has 0 aromatic heterocycles. The van der Waals surface area contributed by atoms with Gasteiger partial charge < -0.3 is 90.8 Å². The van der Waals surface area contributed by atoms with Crippen LogP contribution in [-0.4, -0.2) is 238 Å². The number of amides is 12. The number of rotatable bonds is 45. The maximum atomic E-state index is 14.6. The van der Waals surface area contributed by atoms with Gasteiger partial charge >= 0.3 is 5.97 Å². The summed E-state index contributed by atoms with van der Waals surface area (Å²) < 4.78 is 0. The van der Waals surface area contributed by atoms with Gasteiger partial charge in [0.1, 0.15) is 66.5 Å². The highest BCUT2D eigenvalue weighted by Gasteiger charge is 2.43. The molecule has 0 spiro atoms. The van der Waals surface area contributed by atoms with Crippen molar-refractivity contribution in [3.8, 4) is 0 Å².